The molecule has 0 saturated carbocycles. The molecule has 6 nitrogen and oxygen atoms in total. The van der Waals surface area contributed by atoms with Crippen LogP contribution in [0.2, 0.25) is 0 Å². The van der Waals surface area contributed by atoms with E-state index in [0.29, 0.717) is 5.69 Å². The van der Waals surface area contributed by atoms with Crippen LogP contribution in [0.4, 0.5) is 5.69 Å². The van der Waals surface area contributed by atoms with Crippen molar-refractivity contribution in [2.45, 2.75) is 26.7 Å². The first-order valence-electron chi connectivity index (χ1n) is 8.68. The van der Waals surface area contributed by atoms with Crippen LogP contribution in [-0.4, -0.2) is 27.7 Å². The maximum atomic E-state index is 12.1. The predicted octanol–water partition coefficient (Wildman–Crippen LogP) is 3.40. The lowest BCUT2D eigenvalue weighted by Crippen LogP contribution is -2.29. The highest BCUT2D eigenvalue weighted by Crippen LogP contribution is 2.20. The number of pyridine rings is 1. The van der Waals surface area contributed by atoms with Gasteiger partial charge in [-0.3, -0.25) is 9.59 Å². The molecular formula is C20H21BrN4O2. The molecule has 0 fully saturated rings. The normalized spacial score (nSPS) is 10.8. The molecule has 2 heterocycles. The smallest absolute Gasteiger partial charge is 0.226 e. The van der Waals surface area contributed by atoms with E-state index >= 15 is 0 Å². The Kier molecular flexibility index (Phi) is 5.91. The summed E-state index contributed by atoms with van der Waals surface area (Å²) in [6.07, 6.45) is 4.16. The van der Waals surface area contributed by atoms with Crippen molar-refractivity contribution in [1.29, 1.82) is 0 Å². The second kappa shape index (κ2) is 8.35. The van der Waals surface area contributed by atoms with Crippen LogP contribution in [0.1, 0.15) is 23.2 Å². The molecular weight excluding hydrogens is 408 g/mol. The summed E-state index contributed by atoms with van der Waals surface area (Å²) >= 11 is 3.39. The average Bonchev–Trinajstić information content (AvgIpc) is 3.02. The highest BCUT2D eigenvalue weighted by atomic mass is 79.9. The summed E-state index contributed by atoms with van der Waals surface area (Å²) in [6.45, 7) is 4.20. The number of hydrogen-bond acceptors (Lipinski definition) is 3. The number of fused-ring (bicyclic) bond motifs is 1. The van der Waals surface area contributed by atoms with E-state index in [1.54, 1.807) is 0 Å². The van der Waals surface area contributed by atoms with Gasteiger partial charge in [0.05, 0.1) is 12.1 Å². The van der Waals surface area contributed by atoms with Gasteiger partial charge >= 0.3 is 0 Å². The van der Waals surface area contributed by atoms with Gasteiger partial charge in [-0.05, 0) is 43.2 Å². The maximum absolute atomic E-state index is 12.1. The molecule has 1 aromatic carbocycles. The van der Waals surface area contributed by atoms with Gasteiger partial charge in [-0.25, -0.2) is 4.98 Å². The molecule has 0 bridgehead atoms. The first kappa shape index (κ1) is 19.1. The van der Waals surface area contributed by atoms with Gasteiger partial charge in [0.1, 0.15) is 5.65 Å². The van der Waals surface area contributed by atoms with E-state index < -0.39 is 0 Å². The molecule has 2 N–H and O–H groups in total. The quantitative estimate of drug-likeness (QED) is 0.631. The minimum Gasteiger partial charge on any atom is -0.355 e. The Morgan fingerprint density at radius 3 is 2.74 bits per heavy atom. The molecule has 27 heavy (non-hydrogen) atoms. The fourth-order valence-corrected chi connectivity index (χ4v) is 3.13. The number of nitrogens with one attached hydrogen (secondary N) is 2. The Morgan fingerprint density at radius 2 is 1.96 bits per heavy atom. The maximum Gasteiger partial charge on any atom is 0.226 e. The average molecular weight is 429 g/mol. The molecule has 0 aliphatic heterocycles. The lowest BCUT2D eigenvalue weighted by Gasteiger charge is -2.09. The Hall–Kier alpha value is -2.67. The largest absolute Gasteiger partial charge is 0.355 e. The summed E-state index contributed by atoms with van der Waals surface area (Å²) in [7, 11) is 0. The lowest BCUT2D eigenvalue weighted by atomic mass is 10.2. The van der Waals surface area contributed by atoms with E-state index in [1.807, 2.05) is 61.0 Å². The van der Waals surface area contributed by atoms with Crippen LogP contribution in [0, 0.1) is 13.8 Å². The minimum atomic E-state index is -0.150. The molecule has 7 heteroatoms. The Morgan fingerprint density at radius 1 is 1.15 bits per heavy atom. The van der Waals surface area contributed by atoms with Gasteiger partial charge in [-0.1, -0.05) is 28.1 Å². The third kappa shape index (κ3) is 4.95. The molecule has 0 aliphatic carbocycles. The number of benzene rings is 1. The van der Waals surface area contributed by atoms with Crippen molar-refractivity contribution in [3.63, 3.8) is 0 Å². The first-order chi connectivity index (χ1) is 12.9. The Balaban J connectivity index is 1.48. The van der Waals surface area contributed by atoms with E-state index in [9.17, 15) is 9.59 Å². The fraction of sp³-hybridized carbons (Fsp3) is 0.250. The van der Waals surface area contributed by atoms with Crippen molar-refractivity contribution in [2.24, 2.45) is 0 Å². The molecule has 3 aromatic rings. The van der Waals surface area contributed by atoms with Crippen molar-refractivity contribution in [3.05, 3.63) is 64.0 Å². The molecule has 0 spiro atoms. The van der Waals surface area contributed by atoms with Gasteiger partial charge in [0.2, 0.25) is 11.8 Å². The number of halogens is 1. The number of aromatic nitrogens is 2. The van der Waals surface area contributed by atoms with E-state index in [2.05, 4.69) is 31.5 Å². The Labute approximate surface area is 166 Å². The SMILES string of the molecule is Cc1ccc(Br)cc1NC(=O)CCNC(=O)Cc1cn2cccc(C)c2n1. The van der Waals surface area contributed by atoms with Crippen molar-refractivity contribution in [2.75, 3.05) is 11.9 Å². The second-order valence-corrected chi connectivity index (χ2v) is 7.35. The molecule has 0 atom stereocenters. The molecule has 0 radical (unpaired) electrons. The van der Waals surface area contributed by atoms with Crippen molar-refractivity contribution >= 4 is 39.1 Å². The van der Waals surface area contributed by atoms with E-state index in [-0.39, 0.29) is 31.2 Å². The van der Waals surface area contributed by atoms with Crippen molar-refractivity contribution < 1.29 is 9.59 Å². The zero-order valence-electron chi connectivity index (χ0n) is 15.3. The monoisotopic (exact) mass is 428 g/mol. The summed E-state index contributed by atoms with van der Waals surface area (Å²) < 4.78 is 2.81. The summed E-state index contributed by atoms with van der Waals surface area (Å²) in [4.78, 5) is 28.7. The van der Waals surface area contributed by atoms with Crippen LogP contribution in [0.15, 0.2) is 47.2 Å². The zero-order chi connectivity index (χ0) is 19.4. The number of amides is 2. The van der Waals surface area contributed by atoms with Gasteiger partial charge < -0.3 is 15.0 Å². The number of carbonyl (C=O) groups is 2. The number of carbonyl (C=O) groups excluding carboxylic acids is 2. The molecule has 2 amide bonds. The van der Waals surface area contributed by atoms with Crippen LogP contribution in [-0.2, 0) is 16.0 Å². The molecule has 140 valence electrons. The topological polar surface area (TPSA) is 75.5 Å². The zero-order valence-corrected chi connectivity index (χ0v) is 16.8. The highest BCUT2D eigenvalue weighted by Gasteiger charge is 2.10. The van der Waals surface area contributed by atoms with Crippen molar-refractivity contribution in [3.8, 4) is 0 Å². The molecule has 0 saturated heterocycles. The summed E-state index contributed by atoms with van der Waals surface area (Å²) in [5.41, 5.74) is 4.36. The van der Waals surface area contributed by atoms with Crippen molar-refractivity contribution in [1.82, 2.24) is 14.7 Å². The van der Waals surface area contributed by atoms with Gasteiger partial charge in [0, 0.05) is 35.5 Å². The minimum absolute atomic E-state index is 0.139. The molecule has 3 rings (SSSR count). The van der Waals surface area contributed by atoms with Crippen LogP contribution in [0.25, 0.3) is 5.65 Å². The summed E-state index contributed by atoms with van der Waals surface area (Å²) in [5, 5.41) is 5.64. The number of anilines is 1. The third-order valence-corrected chi connectivity index (χ3v) is 4.71. The number of aryl methyl sites for hydroxylation is 2. The second-order valence-electron chi connectivity index (χ2n) is 6.44. The van der Waals surface area contributed by atoms with Crippen LogP contribution < -0.4 is 10.6 Å². The van der Waals surface area contributed by atoms with E-state index in [1.165, 1.54) is 0 Å². The predicted molar refractivity (Wildman–Crippen MR) is 109 cm³/mol. The fourth-order valence-electron chi connectivity index (χ4n) is 2.77. The number of nitrogens with zero attached hydrogens (tertiary/aromatic N) is 2. The van der Waals surface area contributed by atoms with Gasteiger partial charge in [0.25, 0.3) is 0 Å². The summed E-state index contributed by atoms with van der Waals surface area (Å²) in [5.74, 6) is -0.289. The Bertz CT molecular complexity index is 997. The lowest BCUT2D eigenvalue weighted by molar-refractivity contribution is -0.120. The van der Waals surface area contributed by atoms with Gasteiger partial charge in [-0.15, -0.1) is 0 Å². The molecule has 0 aliphatic rings. The third-order valence-electron chi connectivity index (χ3n) is 4.22. The van der Waals surface area contributed by atoms with Crippen LogP contribution in [0.5, 0.6) is 0 Å². The van der Waals surface area contributed by atoms with Gasteiger partial charge in [-0.2, -0.15) is 0 Å². The van der Waals surface area contributed by atoms with E-state index in [4.69, 9.17) is 0 Å². The number of imidazole rings is 1. The summed E-state index contributed by atoms with van der Waals surface area (Å²) in [6, 6.07) is 9.64. The first-order valence-corrected chi connectivity index (χ1v) is 9.47. The highest BCUT2D eigenvalue weighted by molar-refractivity contribution is 9.10. The van der Waals surface area contributed by atoms with Crippen LogP contribution in [0.3, 0.4) is 0 Å². The number of hydrogen-bond donors (Lipinski definition) is 2. The standard InChI is InChI=1S/C20H21BrN4O2/c1-13-5-6-15(21)10-17(13)24-18(26)7-8-22-19(27)11-16-12-25-9-3-4-14(2)20(25)23-16/h3-6,9-10,12H,7-8,11H2,1-2H3,(H,22,27)(H,24,26). The molecule has 2 aromatic heterocycles. The van der Waals surface area contributed by atoms with Crippen LogP contribution >= 0.6 is 15.9 Å². The van der Waals surface area contributed by atoms with Gasteiger partial charge in [0.15, 0.2) is 0 Å². The number of rotatable bonds is 6. The molecule has 0 unspecified atom stereocenters. The van der Waals surface area contributed by atoms with E-state index in [0.717, 1.165) is 26.9 Å².